The second kappa shape index (κ2) is 5.87. The fraction of sp³-hybridized carbons (Fsp3) is 0.0769. The second-order valence-corrected chi connectivity index (χ2v) is 4.14. The number of oxime groups is 1. The average molecular weight is 288 g/mol. The summed E-state index contributed by atoms with van der Waals surface area (Å²) < 4.78 is 5.59. The topological polar surface area (TPSA) is 124 Å². The van der Waals surface area contributed by atoms with Crippen LogP contribution in [-0.2, 0) is 0 Å². The number of amidine groups is 1. The van der Waals surface area contributed by atoms with Crippen LogP contribution in [0, 0.1) is 17.0 Å². The van der Waals surface area contributed by atoms with Gasteiger partial charge in [0.25, 0.3) is 5.69 Å². The number of aromatic nitrogens is 1. The Balaban J connectivity index is 2.35. The molecule has 0 bridgehead atoms. The molecule has 21 heavy (non-hydrogen) atoms. The molecule has 2 aromatic rings. The van der Waals surface area contributed by atoms with Crippen molar-refractivity contribution in [2.45, 2.75) is 6.92 Å². The lowest BCUT2D eigenvalue weighted by molar-refractivity contribution is -0.385. The Hall–Kier alpha value is -3.16. The normalized spacial score (nSPS) is 11.2. The lowest BCUT2D eigenvalue weighted by Gasteiger charge is -2.09. The zero-order chi connectivity index (χ0) is 15.4. The zero-order valence-corrected chi connectivity index (χ0v) is 11.1. The minimum atomic E-state index is -0.467. The SMILES string of the molecule is Cc1cc(Oc2cccnc2/C(N)=N/O)ccc1[N+](=O)[O-]. The molecule has 8 nitrogen and oxygen atoms in total. The number of hydrogen-bond acceptors (Lipinski definition) is 6. The molecule has 0 spiro atoms. The number of aryl methyl sites for hydroxylation is 1. The van der Waals surface area contributed by atoms with Gasteiger partial charge in [-0.3, -0.25) is 10.1 Å². The standard InChI is InChI=1S/C13H12N4O4/c1-8-7-9(4-5-10(8)17(19)20)21-11-3-2-6-15-12(11)13(14)16-18/h2-7,18H,1H3,(H2,14,16). The number of rotatable bonds is 4. The fourth-order valence-corrected chi connectivity index (χ4v) is 1.74. The van der Waals surface area contributed by atoms with E-state index in [0.717, 1.165) is 0 Å². The van der Waals surface area contributed by atoms with Gasteiger partial charge >= 0.3 is 0 Å². The molecule has 1 aromatic carbocycles. The van der Waals surface area contributed by atoms with E-state index in [4.69, 9.17) is 15.7 Å². The number of nitrogens with two attached hydrogens (primary N) is 1. The fourth-order valence-electron chi connectivity index (χ4n) is 1.74. The molecule has 0 atom stereocenters. The second-order valence-electron chi connectivity index (χ2n) is 4.14. The quantitative estimate of drug-likeness (QED) is 0.292. The van der Waals surface area contributed by atoms with Crippen LogP contribution in [0.25, 0.3) is 0 Å². The number of nitro groups is 1. The van der Waals surface area contributed by atoms with Gasteiger partial charge < -0.3 is 15.7 Å². The Labute approximate surface area is 119 Å². The van der Waals surface area contributed by atoms with Gasteiger partial charge in [0.15, 0.2) is 17.3 Å². The van der Waals surface area contributed by atoms with Crippen molar-refractivity contribution in [3.8, 4) is 11.5 Å². The lowest BCUT2D eigenvalue weighted by atomic mass is 10.2. The van der Waals surface area contributed by atoms with Crippen LogP contribution in [0.5, 0.6) is 11.5 Å². The molecule has 8 heteroatoms. The predicted octanol–water partition coefficient (Wildman–Crippen LogP) is 2.19. The maximum atomic E-state index is 10.8. The Morgan fingerprint density at radius 2 is 2.24 bits per heavy atom. The molecular weight excluding hydrogens is 276 g/mol. The van der Waals surface area contributed by atoms with Crippen molar-refractivity contribution in [1.29, 1.82) is 0 Å². The van der Waals surface area contributed by atoms with Crippen LogP contribution in [0.3, 0.4) is 0 Å². The number of nitro benzene ring substituents is 1. The molecule has 2 rings (SSSR count). The Bertz CT molecular complexity index is 715. The van der Waals surface area contributed by atoms with Crippen LogP contribution in [0.4, 0.5) is 5.69 Å². The van der Waals surface area contributed by atoms with Crippen molar-refractivity contribution in [3.63, 3.8) is 0 Å². The number of hydrogen-bond donors (Lipinski definition) is 2. The van der Waals surface area contributed by atoms with Gasteiger partial charge in [-0.1, -0.05) is 5.16 Å². The summed E-state index contributed by atoms with van der Waals surface area (Å²) in [6.45, 7) is 1.61. The Morgan fingerprint density at radius 1 is 1.48 bits per heavy atom. The highest BCUT2D eigenvalue weighted by atomic mass is 16.6. The van der Waals surface area contributed by atoms with E-state index in [1.807, 2.05) is 0 Å². The molecule has 0 saturated heterocycles. The lowest BCUT2D eigenvalue weighted by Crippen LogP contribution is -2.15. The van der Waals surface area contributed by atoms with E-state index in [9.17, 15) is 10.1 Å². The largest absolute Gasteiger partial charge is 0.455 e. The van der Waals surface area contributed by atoms with Crippen molar-refractivity contribution in [1.82, 2.24) is 4.98 Å². The molecule has 3 N–H and O–H groups in total. The predicted molar refractivity (Wildman–Crippen MR) is 74.7 cm³/mol. The maximum Gasteiger partial charge on any atom is 0.272 e. The van der Waals surface area contributed by atoms with Gasteiger partial charge in [0.05, 0.1) is 4.92 Å². The first-order chi connectivity index (χ1) is 10.0. The van der Waals surface area contributed by atoms with Crippen LogP contribution in [0.2, 0.25) is 0 Å². The highest BCUT2D eigenvalue weighted by Gasteiger charge is 2.14. The molecule has 0 amide bonds. The van der Waals surface area contributed by atoms with Crippen molar-refractivity contribution < 1.29 is 14.9 Å². The molecule has 0 fully saturated rings. The third-order valence-electron chi connectivity index (χ3n) is 2.71. The monoisotopic (exact) mass is 288 g/mol. The number of pyridine rings is 1. The first kappa shape index (κ1) is 14.3. The molecule has 0 radical (unpaired) electrons. The van der Waals surface area contributed by atoms with Crippen LogP contribution >= 0.6 is 0 Å². The van der Waals surface area contributed by atoms with E-state index < -0.39 is 4.92 Å². The molecule has 0 aliphatic rings. The number of ether oxygens (including phenoxy) is 1. The third kappa shape index (κ3) is 3.06. The highest BCUT2D eigenvalue weighted by molar-refractivity contribution is 5.97. The van der Waals surface area contributed by atoms with E-state index >= 15 is 0 Å². The summed E-state index contributed by atoms with van der Waals surface area (Å²) in [6, 6.07) is 7.57. The average Bonchev–Trinajstić information content (AvgIpc) is 2.46. The number of nitrogens with zero attached hydrogens (tertiary/aromatic N) is 3. The van der Waals surface area contributed by atoms with Gasteiger partial charge in [-0.2, -0.15) is 0 Å². The first-order valence-electron chi connectivity index (χ1n) is 5.88. The molecule has 0 unspecified atom stereocenters. The van der Waals surface area contributed by atoms with E-state index in [1.165, 1.54) is 24.4 Å². The molecular formula is C13H12N4O4. The van der Waals surface area contributed by atoms with Crippen LogP contribution in [0.1, 0.15) is 11.3 Å². The van der Waals surface area contributed by atoms with Gasteiger partial charge in [-0.15, -0.1) is 0 Å². The Morgan fingerprint density at radius 3 is 2.86 bits per heavy atom. The van der Waals surface area contributed by atoms with Crippen molar-refractivity contribution in [2.75, 3.05) is 0 Å². The van der Waals surface area contributed by atoms with Gasteiger partial charge in [0.1, 0.15) is 5.75 Å². The summed E-state index contributed by atoms with van der Waals surface area (Å²) in [5.74, 6) is 0.475. The van der Waals surface area contributed by atoms with E-state index in [-0.39, 0.29) is 23.0 Å². The van der Waals surface area contributed by atoms with Crippen LogP contribution in [0.15, 0.2) is 41.7 Å². The molecule has 0 saturated carbocycles. The van der Waals surface area contributed by atoms with E-state index in [0.29, 0.717) is 11.3 Å². The summed E-state index contributed by atoms with van der Waals surface area (Å²) in [5.41, 5.74) is 6.16. The van der Waals surface area contributed by atoms with Crippen LogP contribution < -0.4 is 10.5 Å². The zero-order valence-electron chi connectivity index (χ0n) is 11.1. The van der Waals surface area contributed by atoms with Gasteiger partial charge in [0.2, 0.25) is 0 Å². The summed E-state index contributed by atoms with van der Waals surface area (Å²) in [6.07, 6.45) is 1.47. The summed E-state index contributed by atoms with van der Waals surface area (Å²) >= 11 is 0. The maximum absolute atomic E-state index is 10.8. The van der Waals surface area contributed by atoms with Crippen LogP contribution in [-0.4, -0.2) is 21.0 Å². The van der Waals surface area contributed by atoms with E-state index in [1.54, 1.807) is 19.1 Å². The minimum Gasteiger partial charge on any atom is -0.455 e. The highest BCUT2D eigenvalue weighted by Crippen LogP contribution is 2.28. The minimum absolute atomic E-state index is 0.00481. The van der Waals surface area contributed by atoms with Crippen molar-refractivity contribution in [2.24, 2.45) is 10.9 Å². The summed E-state index contributed by atoms with van der Waals surface area (Å²) in [7, 11) is 0. The molecule has 0 aliphatic heterocycles. The van der Waals surface area contributed by atoms with Gasteiger partial charge in [0, 0.05) is 17.8 Å². The Kier molecular flexibility index (Phi) is 3.98. The smallest absolute Gasteiger partial charge is 0.272 e. The molecule has 1 heterocycles. The number of benzene rings is 1. The van der Waals surface area contributed by atoms with Gasteiger partial charge in [-0.25, -0.2) is 4.98 Å². The molecule has 1 aromatic heterocycles. The first-order valence-corrected chi connectivity index (χ1v) is 5.88. The van der Waals surface area contributed by atoms with E-state index in [2.05, 4.69) is 10.1 Å². The van der Waals surface area contributed by atoms with Gasteiger partial charge in [-0.05, 0) is 31.2 Å². The third-order valence-corrected chi connectivity index (χ3v) is 2.71. The van der Waals surface area contributed by atoms with Crippen molar-refractivity contribution in [3.05, 3.63) is 57.9 Å². The summed E-state index contributed by atoms with van der Waals surface area (Å²) in [5, 5.41) is 22.4. The summed E-state index contributed by atoms with van der Waals surface area (Å²) in [4.78, 5) is 14.3. The molecule has 108 valence electrons. The van der Waals surface area contributed by atoms with Crippen molar-refractivity contribution >= 4 is 11.5 Å². The molecule has 0 aliphatic carbocycles.